The molecule has 104 valence electrons. The van der Waals surface area contributed by atoms with E-state index in [9.17, 15) is 4.79 Å². The number of ketones is 1. The van der Waals surface area contributed by atoms with Gasteiger partial charge in [-0.05, 0) is 23.8 Å². The van der Waals surface area contributed by atoms with Gasteiger partial charge in [0.15, 0.2) is 0 Å². The second-order valence-electron chi connectivity index (χ2n) is 5.95. The number of hydrogen-bond donors (Lipinski definition) is 0. The summed E-state index contributed by atoms with van der Waals surface area (Å²) in [5.74, 6) is 1.96. The van der Waals surface area contributed by atoms with Crippen LogP contribution in [-0.2, 0) is 4.79 Å². The van der Waals surface area contributed by atoms with Crippen LogP contribution < -0.4 is 0 Å². The molecule has 0 aromatic heterocycles. The summed E-state index contributed by atoms with van der Waals surface area (Å²) in [6.45, 7) is 4.44. The Kier molecular flexibility index (Phi) is 5.18. The SMILES string of the molecule is CCCCC(CC)CC(=O)C1CC1c1ccccc1. The van der Waals surface area contributed by atoms with Crippen molar-refractivity contribution in [3.05, 3.63) is 35.9 Å². The topological polar surface area (TPSA) is 17.1 Å². The van der Waals surface area contributed by atoms with Gasteiger partial charge in [-0.3, -0.25) is 4.79 Å². The molecule has 1 aliphatic rings. The average molecular weight is 258 g/mol. The van der Waals surface area contributed by atoms with E-state index in [0.29, 0.717) is 23.5 Å². The highest BCUT2D eigenvalue weighted by Gasteiger charge is 2.43. The van der Waals surface area contributed by atoms with Gasteiger partial charge < -0.3 is 0 Å². The molecule has 0 saturated heterocycles. The fourth-order valence-electron chi connectivity index (χ4n) is 3.00. The molecule has 1 saturated carbocycles. The molecule has 1 aliphatic carbocycles. The van der Waals surface area contributed by atoms with Crippen molar-refractivity contribution >= 4 is 5.78 Å². The second kappa shape index (κ2) is 6.88. The lowest BCUT2D eigenvalue weighted by Crippen LogP contribution is -2.10. The van der Waals surface area contributed by atoms with Crippen molar-refractivity contribution in [1.29, 1.82) is 0 Å². The minimum Gasteiger partial charge on any atom is -0.299 e. The van der Waals surface area contributed by atoms with Gasteiger partial charge in [0.25, 0.3) is 0 Å². The van der Waals surface area contributed by atoms with E-state index in [1.165, 1.54) is 24.8 Å². The van der Waals surface area contributed by atoms with Gasteiger partial charge in [-0.2, -0.15) is 0 Å². The van der Waals surface area contributed by atoms with Gasteiger partial charge in [0.05, 0.1) is 0 Å². The van der Waals surface area contributed by atoms with Crippen LogP contribution in [0, 0.1) is 11.8 Å². The van der Waals surface area contributed by atoms with Crippen LogP contribution in [0.1, 0.15) is 63.9 Å². The maximum Gasteiger partial charge on any atom is 0.136 e. The Labute approximate surface area is 117 Å². The zero-order chi connectivity index (χ0) is 13.7. The molecule has 0 bridgehead atoms. The van der Waals surface area contributed by atoms with E-state index in [1.54, 1.807) is 0 Å². The highest BCUT2D eigenvalue weighted by Crippen LogP contribution is 2.48. The zero-order valence-electron chi connectivity index (χ0n) is 12.3. The van der Waals surface area contributed by atoms with Gasteiger partial charge in [-0.25, -0.2) is 0 Å². The Hall–Kier alpha value is -1.11. The van der Waals surface area contributed by atoms with Crippen LogP contribution in [0.15, 0.2) is 30.3 Å². The number of carbonyl (C=O) groups is 1. The molecule has 1 heteroatoms. The molecule has 3 atom stereocenters. The van der Waals surface area contributed by atoms with Crippen LogP contribution in [0.3, 0.4) is 0 Å². The fourth-order valence-corrected chi connectivity index (χ4v) is 3.00. The first-order chi connectivity index (χ1) is 9.26. The largest absolute Gasteiger partial charge is 0.299 e. The molecule has 3 unspecified atom stereocenters. The molecule has 1 fully saturated rings. The summed E-state index contributed by atoms with van der Waals surface area (Å²) in [5, 5.41) is 0. The van der Waals surface area contributed by atoms with Crippen LogP contribution in [0.25, 0.3) is 0 Å². The van der Waals surface area contributed by atoms with E-state index in [1.807, 2.05) is 6.07 Å². The molecule has 2 rings (SSSR count). The molecule has 0 aliphatic heterocycles. The molecule has 0 radical (unpaired) electrons. The number of Topliss-reactive ketones (excluding diaryl/α,β-unsaturated/α-hetero) is 1. The third-order valence-electron chi connectivity index (χ3n) is 4.46. The van der Waals surface area contributed by atoms with Crippen LogP contribution in [0.2, 0.25) is 0 Å². The van der Waals surface area contributed by atoms with E-state index < -0.39 is 0 Å². The van der Waals surface area contributed by atoms with Crippen molar-refractivity contribution in [1.82, 2.24) is 0 Å². The summed E-state index contributed by atoms with van der Waals surface area (Å²) >= 11 is 0. The molecule has 0 N–H and O–H groups in total. The summed E-state index contributed by atoms with van der Waals surface area (Å²) in [7, 11) is 0. The van der Waals surface area contributed by atoms with E-state index in [-0.39, 0.29) is 0 Å². The number of hydrogen-bond acceptors (Lipinski definition) is 1. The lowest BCUT2D eigenvalue weighted by molar-refractivity contribution is -0.121. The van der Waals surface area contributed by atoms with Crippen LogP contribution in [0.4, 0.5) is 0 Å². The molecular weight excluding hydrogens is 232 g/mol. The third kappa shape index (κ3) is 3.92. The fraction of sp³-hybridized carbons (Fsp3) is 0.611. The number of carbonyl (C=O) groups excluding carboxylic acids is 1. The Morgan fingerprint density at radius 2 is 2.00 bits per heavy atom. The summed E-state index contributed by atoms with van der Waals surface area (Å²) in [5.41, 5.74) is 1.35. The predicted molar refractivity (Wildman–Crippen MR) is 80.2 cm³/mol. The van der Waals surface area contributed by atoms with Crippen molar-refractivity contribution in [3.63, 3.8) is 0 Å². The number of rotatable bonds is 8. The molecule has 0 spiro atoms. The molecule has 0 heterocycles. The van der Waals surface area contributed by atoms with E-state index in [2.05, 4.69) is 38.1 Å². The zero-order valence-corrected chi connectivity index (χ0v) is 12.3. The average Bonchev–Trinajstić information content (AvgIpc) is 3.24. The highest BCUT2D eigenvalue weighted by atomic mass is 16.1. The normalized spacial score (nSPS) is 23.1. The first-order valence-corrected chi connectivity index (χ1v) is 7.83. The lowest BCUT2D eigenvalue weighted by atomic mass is 9.92. The monoisotopic (exact) mass is 258 g/mol. The van der Waals surface area contributed by atoms with Gasteiger partial charge in [-0.15, -0.1) is 0 Å². The van der Waals surface area contributed by atoms with Gasteiger partial charge in [0, 0.05) is 12.3 Å². The van der Waals surface area contributed by atoms with Crippen molar-refractivity contribution in [2.24, 2.45) is 11.8 Å². The van der Waals surface area contributed by atoms with Crippen molar-refractivity contribution in [2.45, 2.75) is 58.3 Å². The molecular formula is C18H26O. The van der Waals surface area contributed by atoms with Crippen LogP contribution in [0.5, 0.6) is 0 Å². The number of unbranched alkanes of at least 4 members (excludes halogenated alkanes) is 1. The molecule has 1 aromatic rings. The van der Waals surface area contributed by atoms with Gasteiger partial charge >= 0.3 is 0 Å². The molecule has 0 amide bonds. The molecule has 19 heavy (non-hydrogen) atoms. The van der Waals surface area contributed by atoms with Crippen molar-refractivity contribution in [2.75, 3.05) is 0 Å². The van der Waals surface area contributed by atoms with E-state index in [0.717, 1.165) is 19.3 Å². The summed E-state index contributed by atoms with van der Waals surface area (Å²) in [4.78, 5) is 12.3. The maximum atomic E-state index is 12.3. The van der Waals surface area contributed by atoms with Gasteiger partial charge in [0.2, 0.25) is 0 Å². The smallest absolute Gasteiger partial charge is 0.136 e. The highest BCUT2D eigenvalue weighted by molar-refractivity contribution is 5.85. The van der Waals surface area contributed by atoms with Gasteiger partial charge in [-0.1, -0.05) is 69.9 Å². The minimum absolute atomic E-state index is 0.318. The van der Waals surface area contributed by atoms with Gasteiger partial charge in [0.1, 0.15) is 5.78 Å². The predicted octanol–water partition coefficient (Wildman–Crippen LogP) is 4.97. The summed E-state index contributed by atoms with van der Waals surface area (Å²) < 4.78 is 0. The molecule has 1 nitrogen and oxygen atoms in total. The van der Waals surface area contributed by atoms with E-state index >= 15 is 0 Å². The number of benzene rings is 1. The molecule has 1 aromatic carbocycles. The second-order valence-corrected chi connectivity index (χ2v) is 5.95. The van der Waals surface area contributed by atoms with Crippen LogP contribution >= 0.6 is 0 Å². The maximum absolute atomic E-state index is 12.3. The Morgan fingerprint density at radius 1 is 1.26 bits per heavy atom. The third-order valence-corrected chi connectivity index (χ3v) is 4.46. The van der Waals surface area contributed by atoms with E-state index in [4.69, 9.17) is 0 Å². The first kappa shape index (κ1) is 14.3. The standard InChI is InChI=1S/C18H26O/c1-3-5-9-14(4-2)12-18(19)17-13-16(17)15-10-7-6-8-11-15/h6-8,10-11,14,16-17H,3-5,9,12-13H2,1-2H3. The Balaban J connectivity index is 1.82. The summed E-state index contributed by atoms with van der Waals surface area (Å²) in [6.07, 6.45) is 6.76. The van der Waals surface area contributed by atoms with Crippen molar-refractivity contribution < 1.29 is 4.79 Å². The summed E-state index contributed by atoms with van der Waals surface area (Å²) in [6, 6.07) is 10.5. The lowest BCUT2D eigenvalue weighted by Gasteiger charge is -2.13. The quantitative estimate of drug-likeness (QED) is 0.643. The van der Waals surface area contributed by atoms with Crippen LogP contribution in [-0.4, -0.2) is 5.78 Å². The van der Waals surface area contributed by atoms with Crippen molar-refractivity contribution in [3.8, 4) is 0 Å². The minimum atomic E-state index is 0.318. The Morgan fingerprint density at radius 3 is 2.63 bits per heavy atom. The first-order valence-electron chi connectivity index (χ1n) is 7.83. The Bertz CT molecular complexity index is 395.